The van der Waals surface area contributed by atoms with Crippen LogP contribution in [-0.2, 0) is 16.5 Å². The van der Waals surface area contributed by atoms with Crippen LogP contribution in [0.1, 0.15) is 273 Å². The van der Waals surface area contributed by atoms with Crippen molar-refractivity contribution in [2.24, 2.45) is 0 Å². The van der Waals surface area contributed by atoms with Crippen molar-refractivity contribution >= 4 is 15.8 Å². The zero-order chi connectivity index (χ0) is 36.9. The van der Waals surface area contributed by atoms with Gasteiger partial charge in [-0.15, -0.1) is 15.8 Å². The van der Waals surface area contributed by atoms with Gasteiger partial charge in [0.15, 0.2) is 0 Å². The summed E-state index contributed by atoms with van der Waals surface area (Å²) in [5.74, 6) is 0. The first-order valence-corrected chi connectivity index (χ1v) is 27.9. The summed E-state index contributed by atoms with van der Waals surface area (Å²) in [6, 6.07) is 0. The minimum atomic E-state index is 0. The summed E-state index contributed by atoms with van der Waals surface area (Å²) < 4.78 is 0. The second-order valence-corrected chi connectivity index (χ2v) is 21.7. The van der Waals surface area contributed by atoms with Crippen molar-refractivity contribution in [3.63, 3.8) is 0 Å². The van der Waals surface area contributed by atoms with Crippen molar-refractivity contribution in [3.8, 4) is 0 Å². The molecule has 5 heteroatoms. The van der Waals surface area contributed by atoms with E-state index in [1.807, 2.05) is 0 Å². The summed E-state index contributed by atoms with van der Waals surface area (Å²) in [4.78, 5) is 0. The van der Waals surface area contributed by atoms with Crippen LogP contribution in [-0.4, -0.2) is 37.0 Å². The first-order chi connectivity index (χ1) is 24.7. The van der Waals surface area contributed by atoms with Gasteiger partial charge < -0.3 is 24.8 Å². The third-order valence-corrected chi connectivity index (χ3v) is 16.7. The van der Waals surface area contributed by atoms with Gasteiger partial charge in [0.1, 0.15) is 0 Å². The van der Waals surface area contributed by atoms with Crippen LogP contribution in [0.4, 0.5) is 0 Å². The Labute approximate surface area is 364 Å². The average molecular weight is 871 g/mol. The Kier molecular flexibility index (Phi) is 73.3. The van der Waals surface area contributed by atoms with Gasteiger partial charge in [-0.1, -0.05) is 234 Å². The molecule has 0 spiro atoms. The van der Waals surface area contributed by atoms with E-state index in [1.165, 1.54) is 231 Å². The Balaban J connectivity index is -0.000000274. The topological polar surface area (TPSA) is 0 Å². The monoisotopic (exact) mass is 869 g/mol. The maximum atomic E-state index is 2.32. The fraction of sp³-hybridized carbons (Fsp3) is 1.00. The van der Waals surface area contributed by atoms with Gasteiger partial charge in [0.05, 0.1) is 0 Å². The maximum Gasteiger partial charge on any atom is 2.00 e. The molecule has 0 fully saturated rings. The minimum Gasteiger partial charge on any atom is -1.00 e. The van der Waals surface area contributed by atoms with E-state index < -0.39 is 0 Å². The van der Waals surface area contributed by atoms with Crippen LogP contribution in [0.25, 0.3) is 0 Å². The second kappa shape index (κ2) is 60.6. The fourth-order valence-electron chi connectivity index (χ4n) is 7.37. The van der Waals surface area contributed by atoms with E-state index in [4.69, 9.17) is 0 Å². The molecular weight excluding hydrogens is 768 g/mol. The third kappa shape index (κ3) is 58.3. The summed E-state index contributed by atoms with van der Waals surface area (Å²) in [6.07, 6.45) is 62.5. The van der Waals surface area contributed by atoms with Crippen LogP contribution in [0.3, 0.4) is 0 Å². The van der Waals surface area contributed by atoms with Gasteiger partial charge in [-0.25, -0.2) is 0 Å². The molecule has 0 atom stereocenters. The number of halogens is 2. The van der Waals surface area contributed by atoms with Gasteiger partial charge >= 0.3 is 16.5 Å². The van der Waals surface area contributed by atoms with E-state index in [0.717, 1.165) is 0 Å². The number of rotatable bonds is 42. The molecular formula is C48H102Cl2NiP2. The molecule has 0 heterocycles. The predicted molar refractivity (Wildman–Crippen MR) is 243 cm³/mol. The van der Waals surface area contributed by atoms with Crippen LogP contribution in [0.15, 0.2) is 0 Å². The Morgan fingerprint density at radius 2 is 0.302 bits per heavy atom. The SMILES string of the molecule is CCCCCCCCP(CCCCCCCC)CCCCCCCC.CCCCCCCCP(CCCCCCCC)CCCCCCCC.[Cl-].[Cl-].[Ni+2]. The third-order valence-electron chi connectivity index (χ3n) is 11.0. The van der Waals surface area contributed by atoms with Crippen molar-refractivity contribution in [3.05, 3.63) is 0 Å². The molecule has 0 aliphatic heterocycles. The van der Waals surface area contributed by atoms with Crippen LogP contribution >= 0.6 is 15.8 Å². The molecule has 0 aromatic carbocycles. The van der Waals surface area contributed by atoms with Gasteiger partial charge in [0.2, 0.25) is 0 Å². The van der Waals surface area contributed by atoms with Crippen molar-refractivity contribution in [1.82, 2.24) is 0 Å². The molecule has 0 aliphatic carbocycles. The molecule has 0 rings (SSSR count). The van der Waals surface area contributed by atoms with E-state index in [1.54, 1.807) is 37.0 Å². The van der Waals surface area contributed by atoms with Gasteiger partial charge in [0, 0.05) is 0 Å². The predicted octanol–water partition coefficient (Wildman–Crippen LogP) is 13.1. The van der Waals surface area contributed by atoms with Crippen LogP contribution in [0.2, 0.25) is 0 Å². The Bertz CT molecular complexity index is 444. The quantitative estimate of drug-likeness (QED) is 0.0326. The second-order valence-electron chi connectivity index (χ2n) is 16.3. The molecule has 0 amide bonds. The van der Waals surface area contributed by atoms with E-state index in [2.05, 4.69) is 41.5 Å². The Morgan fingerprint density at radius 1 is 0.189 bits per heavy atom. The summed E-state index contributed by atoms with van der Waals surface area (Å²) in [5, 5.41) is 0. The average Bonchev–Trinajstić information content (AvgIpc) is 3.13. The van der Waals surface area contributed by atoms with Crippen LogP contribution in [0, 0.1) is 0 Å². The van der Waals surface area contributed by atoms with Crippen LogP contribution in [0.5, 0.6) is 0 Å². The first-order valence-electron chi connectivity index (χ1n) is 24.1. The molecule has 0 unspecified atom stereocenters. The largest absolute Gasteiger partial charge is 2.00 e. The summed E-state index contributed by atoms with van der Waals surface area (Å²) in [5.41, 5.74) is 0. The van der Waals surface area contributed by atoms with E-state index in [9.17, 15) is 0 Å². The standard InChI is InChI=1S/2C24H51P.2ClH.Ni/c2*1-4-7-10-13-16-19-22-25(23-20-17-14-11-8-5-2)24-21-18-15-12-9-6-3;;;/h2*4-24H2,1-3H3;2*1H;/q;;;;+2/p-2. The smallest absolute Gasteiger partial charge is 1.00 e. The molecule has 0 aliphatic rings. The molecule has 53 heavy (non-hydrogen) atoms. The van der Waals surface area contributed by atoms with Gasteiger partial charge in [-0.3, -0.25) is 0 Å². The van der Waals surface area contributed by atoms with Gasteiger partial charge in [-0.2, -0.15) is 0 Å². The molecule has 0 aromatic rings. The molecule has 0 bridgehead atoms. The van der Waals surface area contributed by atoms with Gasteiger partial charge in [0.25, 0.3) is 0 Å². The van der Waals surface area contributed by atoms with Crippen LogP contribution < -0.4 is 24.8 Å². The minimum absolute atomic E-state index is 0. The first kappa shape index (κ1) is 64.1. The zero-order valence-corrected chi connectivity index (χ0v) is 42.0. The maximum absolute atomic E-state index is 2.32. The summed E-state index contributed by atoms with van der Waals surface area (Å²) in [7, 11) is 0.732. The van der Waals surface area contributed by atoms with E-state index in [0.29, 0.717) is 15.8 Å². The van der Waals surface area contributed by atoms with E-state index in [-0.39, 0.29) is 41.3 Å². The van der Waals surface area contributed by atoms with E-state index >= 15 is 0 Å². The summed E-state index contributed by atoms with van der Waals surface area (Å²) in [6.45, 7) is 13.9. The molecule has 0 saturated heterocycles. The molecule has 0 saturated carbocycles. The number of unbranched alkanes of at least 4 members (excludes halogenated alkanes) is 30. The van der Waals surface area contributed by atoms with Crippen molar-refractivity contribution in [2.75, 3.05) is 37.0 Å². The molecule has 0 aromatic heterocycles. The fourth-order valence-corrected chi connectivity index (χ4v) is 12.7. The molecule has 0 radical (unpaired) electrons. The number of hydrogen-bond donors (Lipinski definition) is 0. The Hall–Kier alpha value is 1.93. The summed E-state index contributed by atoms with van der Waals surface area (Å²) >= 11 is 0. The van der Waals surface area contributed by atoms with Crippen molar-refractivity contribution < 1.29 is 41.3 Å². The normalized spacial score (nSPS) is 10.9. The Morgan fingerprint density at radius 3 is 0.434 bits per heavy atom. The van der Waals surface area contributed by atoms with Gasteiger partial charge in [-0.05, 0) is 75.5 Å². The molecule has 0 nitrogen and oxygen atoms in total. The van der Waals surface area contributed by atoms with Crippen molar-refractivity contribution in [1.29, 1.82) is 0 Å². The zero-order valence-electron chi connectivity index (χ0n) is 37.7. The van der Waals surface area contributed by atoms with Crippen molar-refractivity contribution in [2.45, 2.75) is 273 Å². The molecule has 0 N–H and O–H groups in total. The number of hydrogen-bond acceptors (Lipinski definition) is 0. The molecule has 328 valence electrons.